The van der Waals surface area contributed by atoms with E-state index < -0.39 is 12.0 Å². The Kier molecular flexibility index (Phi) is 5.09. The van der Waals surface area contributed by atoms with E-state index in [4.69, 9.17) is 0 Å². The number of carbonyl (C=O) groups is 2. The Morgan fingerprint density at radius 1 is 1.37 bits per heavy atom. The molecular weight excluding hydrogens is 284 g/mol. The molecule has 1 fully saturated rings. The molecule has 2 heterocycles. The molecule has 0 saturated carbocycles. The summed E-state index contributed by atoms with van der Waals surface area (Å²) in [5.41, 5.74) is 0. The van der Waals surface area contributed by atoms with Gasteiger partial charge in [-0.2, -0.15) is 11.8 Å². The summed E-state index contributed by atoms with van der Waals surface area (Å²) < 4.78 is 0. The molecule has 7 heteroatoms. The van der Waals surface area contributed by atoms with Gasteiger partial charge in [0.2, 0.25) is 0 Å². The molecule has 0 spiro atoms. The highest BCUT2D eigenvalue weighted by molar-refractivity contribution is 7.99. The lowest BCUT2D eigenvalue weighted by Crippen LogP contribution is -2.44. The van der Waals surface area contributed by atoms with Crippen molar-refractivity contribution >= 4 is 35.1 Å². The van der Waals surface area contributed by atoms with E-state index in [9.17, 15) is 14.7 Å². The first-order valence-corrected chi connectivity index (χ1v) is 8.11. The standard InChI is InChI=1S/C12H16N2O3S2/c15-11(16)10(9-3-1-7-19-9)13-12(17)14-4-2-6-18-8-5-14/h1,3,7,10H,2,4-6,8H2,(H,13,17)(H,15,16). The first-order chi connectivity index (χ1) is 9.18. The fourth-order valence-corrected chi connectivity index (χ4v) is 3.53. The maximum atomic E-state index is 12.1. The van der Waals surface area contributed by atoms with Gasteiger partial charge in [-0.05, 0) is 23.6 Å². The molecule has 0 radical (unpaired) electrons. The molecule has 0 bridgehead atoms. The number of carbonyl (C=O) groups excluding carboxylic acids is 1. The van der Waals surface area contributed by atoms with Crippen LogP contribution >= 0.6 is 23.1 Å². The van der Waals surface area contributed by atoms with Crippen molar-refractivity contribution in [2.24, 2.45) is 0 Å². The van der Waals surface area contributed by atoms with E-state index in [0.717, 1.165) is 17.9 Å². The van der Waals surface area contributed by atoms with Crippen molar-refractivity contribution < 1.29 is 14.7 Å². The van der Waals surface area contributed by atoms with Crippen molar-refractivity contribution in [1.82, 2.24) is 10.2 Å². The van der Waals surface area contributed by atoms with Gasteiger partial charge in [0.25, 0.3) is 0 Å². The van der Waals surface area contributed by atoms with Crippen molar-refractivity contribution in [2.75, 3.05) is 24.6 Å². The second-order valence-corrected chi connectivity index (χ2v) is 6.39. The van der Waals surface area contributed by atoms with Gasteiger partial charge in [-0.1, -0.05) is 6.07 Å². The van der Waals surface area contributed by atoms with Gasteiger partial charge in [-0.15, -0.1) is 11.3 Å². The first-order valence-electron chi connectivity index (χ1n) is 6.08. The predicted molar refractivity (Wildman–Crippen MR) is 76.7 cm³/mol. The third-order valence-electron chi connectivity index (χ3n) is 2.85. The lowest BCUT2D eigenvalue weighted by atomic mass is 10.2. The van der Waals surface area contributed by atoms with E-state index in [1.54, 1.807) is 22.4 Å². The van der Waals surface area contributed by atoms with Crippen molar-refractivity contribution in [1.29, 1.82) is 0 Å². The summed E-state index contributed by atoms with van der Waals surface area (Å²) in [5, 5.41) is 13.6. The zero-order chi connectivity index (χ0) is 13.7. The third kappa shape index (κ3) is 3.87. The molecule has 2 rings (SSSR count). The first kappa shape index (κ1) is 14.2. The number of carboxylic acid groups (broad SMARTS) is 1. The Labute approximate surface area is 120 Å². The average Bonchev–Trinajstić information content (AvgIpc) is 2.76. The number of thiophene rings is 1. The highest BCUT2D eigenvalue weighted by Gasteiger charge is 2.25. The molecule has 1 unspecified atom stereocenters. The highest BCUT2D eigenvalue weighted by Crippen LogP contribution is 2.20. The van der Waals surface area contributed by atoms with Crippen molar-refractivity contribution in [3.8, 4) is 0 Å². The number of aliphatic carboxylic acids is 1. The monoisotopic (exact) mass is 300 g/mol. The summed E-state index contributed by atoms with van der Waals surface area (Å²) in [5.74, 6) is 0.932. The van der Waals surface area contributed by atoms with Crippen LogP contribution in [-0.2, 0) is 4.79 Å². The predicted octanol–water partition coefficient (Wildman–Crippen LogP) is 2.02. The van der Waals surface area contributed by atoms with Crippen LogP contribution in [-0.4, -0.2) is 46.6 Å². The summed E-state index contributed by atoms with van der Waals surface area (Å²) >= 11 is 3.16. The van der Waals surface area contributed by atoms with Crippen LogP contribution in [0, 0.1) is 0 Å². The minimum Gasteiger partial charge on any atom is -0.479 e. The van der Waals surface area contributed by atoms with Crippen LogP contribution in [0.25, 0.3) is 0 Å². The molecule has 0 aromatic carbocycles. The Balaban J connectivity index is 2.00. The molecule has 0 aliphatic carbocycles. The highest BCUT2D eigenvalue weighted by atomic mass is 32.2. The zero-order valence-corrected chi connectivity index (χ0v) is 12.0. The smallest absolute Gasteiger partial charge is 0.331 e. The van der Waals surface area contributed by atoms with Gasteiger partial charge in [0.05, 0.1) is 0 Å². The minimum atomic E-state index is -1.03. The van der Waals surface area contributed by atoms with Crippen LogP contribution < -0.4 is 5.32 Å². The summed E-state index contributed by atoms with van der Waals surface area (Å²) in [6.07, 6.45) is 0.953. The summed E-state index contributed by atoms with van der Waals surface area (Å²) in [4.78, 5) is 25.7. The van der Waals surface area contributed by atoms with Crippen molar-refractivity contribution in [3.05, 3.63) is 22.4 Å². The Morgan fingerprint density at radius 3 is 2.89 bits per heavy atom. The maximum absolute atomic E-state index is 12.1. The van der Waals surface area contributed by atoms with Crippen molar-refractivity contribution in [3.63, 3.8) is 0 Å². The van der Waals surface area contributed by atoms with Crippen LogP contribution in [0.1, 0.15) is 17.3 Å². The SMILES string of the molecule is O=C(O)C(NC(=O)N1CCCSCC1)c1cccs1. The number of urea groups is 1. The van der Waals surface area contributed by atoms with Crippen LogP contribution in [0.5, 0.6) is 0 Å². The van der Waals surface area contributed by atoms with E-state index in [1.165, 1.54) is 11.3 Å². The molecule has 2 amide bonds. The fraction of sp³-hybridized carbons (Fsp3) is 0.500. The Morgan fingerprint density at radius 2 is 2.21 bits per heavy atom. The minimum absolute atomic E-state index is 0.289. The molecule has 5 nitrogen and oxygen atoms in total. The zero-order valence-electron chi connectivity index (χ0n) is 10.4. The maximum Gasteiger partial charge on any atom is 0.331 e. The van der Waals surface area contributed by atoms with E-state index in [-0.39, 0.29) is 6.03 Å². The normalized spacial score (nSPS) is 17.6. The largest absolute Gasteiger partial charge is 0.479 e. The van der Waals surface area contributed by atoms with Crippen LogP contribution in [0.15, 0.2) is 17.5 Å². The molecule has 1 aromatic heterocycles. The fourth-order valence-electron chi connectivity index (χ4n) is 1.87. The van der Waals surface area contributed by atoms with Crippen LogP contribution in [0.4, 0.5) is 4.79 Å². The number of rotatable bonds is 3. The van der Waals surface area contributed by atoms with Gasteiger partial charge in [-0.3, -0.25) is 0 Å². The molecular formula is C12H16N2O3S2. The summed E-state index contributed by atoms with van der Waals surface area (Å²) in [6.45, 7) is 1.36. The van der Waals surface area contributed by atoms with Gasteiger partial charge >= 0.3 is 12.0 Å². The molecule has 1 saturated heterocycles. The average molecular weight is 300 g/mol. The Bertz CT molecular complexity index is 428. The Hall–Kier alpha value is -1.21. The molecule has 1 atom stereocenters. The number of carboxylic acids is 1. The van der Waals surface area contributed by atoms with Crippen LogP contribution in [0.2, 0.25) is 0 Å². The summed E-state index contributed by atoms with van der Waals surface area (Å²) in [7, 11) is 0. The second-order valence-electron chi connectivity index (χ2n) is 4.19. The number of nitrogens with zero attached hydrogens (tertiary/aromatic N) is 1. The van der Waals surface area contributed by atoms with Gasteiger partial charge in [0.15, 0.2) is 6.04 Å². The number of thioether (sulfide) groups is 1. The number of hydrogen-bond acceptors (Lipinski definition) is 4. The van der Waals surface area contributed by atoms with E-state index >= 15 is 0 Å². The van der Waals surface area contributed by atoms with Crippen molar-refractivity contribution in [2.45, 2.75) is 12.5 Å². The van der Waals surface area contributed by atoms with Gasteiger partial charge in [-0.25, -0.2) is 9.59 Å². The molecule has 104 valence electrons. The lowest BCUT2D eigenvalue weighted by Gasteiger charge is -2.23. The van der Waals surface area contributed by atoms with E-state index in [2.05, 4.69) is 5.32 Å². The quantitative estimate of drug-likeness (QED) is 0.896. The van der Waals surface area contributed by atoms with Crippen LogP contribution in [0.3, 0.4) is 0 Å². The van der Waals surface area contributed by atoms with E-state index in [1.807, 2.05) is 11.8 Å². The molecule has 1 aliphatic rings. The van der Waals surface area contributed by atoms with Gasteiger partial charge in [0, 0.05) is 23.7 Å². The lowest BCUT2D eigenvalue weighted by molar-refractivity contribution is -0.139. The topological polar surface area (TPSA) is 69.6 Å². The molecule has 1 aliphatic heterocycles. The number of amides is 2. The van der Waals surface area contributed by atoms with Gasteiger partial charge < -0.3 is 15.3 Å². The molecule has 2 N–H and O–H groups in total. The van der Waals surface area contributed by atoms with E-state index in [0.29, 0.717) is 18.0 Å². The summed E-state index contributed by atoms with van der Waals surface area (Å²) in [6, 6.07) is 2.26. The second kappa shape index (κ2) is 6.81. The third-order valence-corrected chi connectivity index (χ3v) is 4.84. The number of nitrogens with one attached hydrogen (secondary N) is 1. The molecule has 1 aromatic rings. The van der Waals surface area contributed by atoms with Gasteiger partial charge in [0.1, 0.15) is 0 Å². The number of hydrogen-bond donors (Lipinski definition) is 2. The molecule has 19 heavy (non-hydrogen) atoms.